The first-order valence-electron chi connectivity index (χ1n) is 39.0. The van der Waals surface area contributed by atoms with Gasteiger partial charge in [-0.05, 0) is 77.0 Å². The maximum absolute atomic E-state index is 13.2. The number of rotatable bonds is 69. The normalized spacial score (nSPS) is 18.1. The Bertz CT molecular complexity index is 1600. The molecule has 0 aromatic carbocycles. The van der Waals surface area contributed by atoms with Crippen LogP contribution in [-0.2, 0) is 14.3 Å². The van der Waals surface area contributed by atoms with E-state index in [1.54, 1.807) is 6.08 Å². The number of aliphatic hydroxyl groups is 5. The molecular weight excluding hydrogens is 1100 g/mol. The van der Waals surface area contributed by atoms with E-state index in [2.05, 4.69) is 67.8 Å². The average molecular weight is 1250 g/mol. The summed E-state index contributed by atoms with van der Waals surface area (Å²) in [6, 6.07) is -0.830. The van der Waals surface area contributed by atoms with E-state index in [1.165, 1.54) is 315 Å². The standard InChI is InChI=1S/C80H149NO8/c1-3-5-7-9-11-13-15-17-19-21-23-25-27-29-31-32-33-34-35-36-37-38-39-40-41-42-44-46-48-50-52-54-56-58-60-62-64-66-68-70-76(84)81-73(72-88-80-79(87)78(86)77(85)75(71-82)89-80)74(83)69-67-65-63-61-59-57-55-53-51-49-47-45-43-30-28-26-24-22-20-18-16-14-12-10-8-6-4-2/h15,17,21,23,51,53,59,61,67,69,73-75,77-80,82-83,85-87H,3-14,16,18-20,22,24-50,52,54-58,60,62-66,68,70-72H2,1-2H3,(H,81,84)/b17-15-,23-21-,53-51+,61-59+,69-67+. The number of carbonyl (C=O) groups is 1. The first-order valence-corrected chi connectivity index (χ1v) is 39.0. The number of hydrogen-bond donors (Lipinski definition) is 6. The monoisotopic (exact) mass is 1250 g/mol. The average Bonchev–Trinajstić information content (AvgIpc) is 2.42. The maximum atomic E-state index is 13.2. The third kappa shape index (κ3) is 57.1. The van der Waals surface area contributed by atoms with E-state index in [9.17, 15) is 30.3 Å². The molecule has 0 radical (unpaired) electrons. The highest BCUT2D eigenvalue weighted by molar-refractivity contribution is 5.76. The van der Waals surface area contributed by atoms with Crippen molar-refractivity contribution in [2.45, 2.75) is 429 Å². The van der Waals surface area contributed by atoms with Gasteiger partial charge in [0.15, 0.2) is 6.29 Å². The second-order valence-corrected chi connectivity index (χ2v) is 27.1. The molecule has 0 saturated carbocycles. The molecule has 1 aliphatic heterocycles. The molecule has 0 aromatic rings. The zero-order valence-electron chi connectivity index (χ0n) is 58.7. The van der Waals surface area contributed by atoms with Gasteiger partial charge < -0.3 is 40.3 Å². The van der Waals surface area contributed by atoms with Gasteiger partial charge >= 0.3 is 0 Å². The molecule has 1 fully saturated rings. The highest BCUT2D eigenvalue weighted by Crippen LogP contribution is 2.24. The lowest BCUT2D eigenvalue weighted by atomic mass is 9.99. The first-order chi connectivity index (χ1) is 43.8. The fraction of sp³-hybridized carbons (Fsp3) is 0.863. The van der Waals surface area contributed by atoms with Crippen molar-refractivity contribution in [3.8, 4) is 0 Å². The highest BCUT2D eigenvalue weighted by Gasteiger charge is 2.44. The van der Waals surface area contributed by atoms with E-state index in [4.69, 9.17) is 9.47 Å². The zero-order valence-corrected chi connectivity index (χ0v) is 58.7. The van der Waals surface area contributed by atoms with Crippen LogP contribution in [0.3, 0.4) is 0 Å². The van der Waals surface area contributed by atoms with Crippen LogP contribution in [0.25, 0.3) is 0 Å². The molecule has 1 amide bonds. The van der Waals surface area contributed by atoms with E-state index >= 15 is 0 Å². The van der Waals surface area contributed by atoms with Gasteiger partial charge in [-0.15, -0.1) is 0 Å². The predicted octanol–water partition coefficient (Wildman–Crippen LogP) is 22.1. The Labute approximate surface area is 551 Å². The molecule has 89 heavy (non-hydrogen) atoms. The van der Waals surface area contributed by atoms with Gasteiger partial charge in [0.1, 0.15) is 24.4 Å². The van der Waals surface area contributed by atoms with Crippen LogP contribution in [0.5, 0.6) is 0 Å². The molecule has 522 valence electrons. The molecule has 9 nitrogen and oxygen atoms in total. The molecule has 0 aromatic heterocycles. The Hall–Kier alpha value is -2.11. The Balaban J connectivity index is 2.08. The van der Waals surface area contributed by atoms with Crippen molar-refractivity contribution in [2.75, 3.05) is 13.2 Å². The van der Waals surface area contributed by atoms with Gasteiger partial charge in [-0.1, -0.05) is 364 Å². The van der Waals surface area contributed by atoms with E-state index in [0.717, 1.165) is 51.4 Å². The van der Waals surface area contributed by atoms with Crippen LogP contribution in [0.4, 0.5) is 0 Å². The largest absolute Gasteiger partial charge is 0.394 e. The van der Waals surface area contributed by atoms with Crippen molar-refractivity contribution >= 4 is 5.91 Å². The Morgan fingerprint density at radius 3 is 1.01 bits per heavy atom. The minimum atomic E-state index is -1.58. The molecule has 1 saturated heterocycles. The van der Waals surface area contributed by atoms with Crippen molar-refractivity contribution in [2.24, 2.45) is 0 Å². The van der Waals surface area contributed by atoms with Crippen LogP contribution < -0.4 is 5.32 Å². The number of allylic oxidation sites excluding steroid dienone is 9. The lowest BCUT2D eigenvalue weighted by Gasteiger charge is -2.40. The summed E-state index contributed by atoms with van der Waals surface area (Å²) in [5, 5.41) is 54.8. The molecule has 6 N–H and O–H groups in total. The summed E-state index contributed by atoms with van der Waals surface area (Å²) < 4.78 is 11.3. The third-order valence-corrected chi connectivity index (χ3v) is 18.5. The summed E-state index contributed by atoms with van der Waals surface area (Å²) in [6.45, 7) is 3.80. The second kappa shape index (κ2) is 68.7. The molecule has 1 aliphatic rings. The van der Waals surface area contributed by atoms with Crippen molar-refractivity contribution in [3.05, 3.63) is 60.8 Å². The summed E-state index contributed by atoms with van der Waals surface area (Å²) in [7, 11) is 0. The quantitative estimate of drug-likeness (QED) is 0.0261. The number of ether oxygens (including phenoxy) is 2. The van der Waals surface area contributed by atoms with Crippen LogP contribution >= 0.6 is 0 Å². The summed E-state index contributed by atoms with van der Waals surface area (Å²) in [5.41, 5.74) is 0. The van der Waals surface area contributed by atoms with Gasteiger partial charge in [-0.25, -0.2) is 0 Å². The van der Waals surface area contributed by atoms with Gasteiger partial charge in [-0.3, -0.25) is 4.79 Å². The molecule has 7 atom stereocenters. The number of carbonyl (C=O) groups excluding carboxylic acids is 1. The maximum Gasteiger partial charge on any atom is 0.220 e. The molecule has 1 rings (SSSR count). The third-order valence-electron chi connectivity index (χ3n) is 18.5. The van der Waals surface area contributed by atoms with E-state index < -0.39 is 49.5 Å². The molecule has 1 heterocycles. The molecule has 0 aliphatic carbocycles. The minimum Gasteiger partial charge on any atom is -0.394 e. The summed E-state index contributed by atoms with van der Waals surface area (Å²) in [6.07, 6.45) is 89.4. The van der Waals surface area contributed by atoms with Crippen molar-refractivity contribution in [1.82, 2.24) is 5.32 Å². The van der Waals surface area contributed by atoms with E-state index in [0.29, 0.717) is 6.42 Å². The number of amides is 1. The highest BCUT2D eigenvalue weighted by atomic mass is 16.7. The van der Waals surface area contributed by atoms with Crippen LogP contribution in [-0.4, -0.2) is 87.5 Å². The molecule has 7 unspecified atom stereocenters. The lowest BCUT2D eigenvalue weighted by Crippen LogP contribution is -2.60. The van der Waals surface area contributed by atoms with E-state index in [-0.39, 0.29) is 12.5 Å². The fourth-order valence-corrected chi connectivity index (χ4v) is 12.5. The molecular formula is C80H149NO8. The summed E-state index contributed by atoms with van der Waals surface area (Å²) in [5.74, 6) is -0.184. The van der Waals surface area contributed by atoms with Crippen molar-refractivity contribution < 1.29 is 39.8 Å². The molecule has 9 heteroatoms. The molecule has 0 bridgehead atoms. The smallest absolute Gasteiger partial charge is 0.220 e. The Morgan fingerprint density at radius 1 is 0.382 bits per heavy atom. The Morgan fingerprint density at radius 2 is 0.674 bits per heavy atom. The lowest BCUT2D eigenvalue weighted by molar-refractivity contribution is -0.302. The number of nitrogens with one attached hydrogen (secondary N) is 1. The van der Waals surface area contributed by atoms with Crippen molar-refractivity contribution in [1.29, 1.82) is 0 Å². The fourth-order valence-electron chi connectivity index (χ4n) is 12.5. The first kappa shape index (κ1) is 84.9. The molecule has 0 spiro atoms. The second-order valence-electron chi connectivity index (χ2n) is 27.1. The predicted molar refractivity (Wildman–Crippen MR) is 382 cm³/mol. The van der Waals surface area contributed by atoms with Crippen LogP contribution in [0.1, 0.15) is 386 Å². The van der Waals surface area contributed by atoms with Crippen molar-refractivity contribution in [3.63, 3.8) is 0 Å². The van der Waals surface area contributed by atoms with Gasteiger partial charge in [0.05, 0.1) is 25.4 Å². The summed E-state index contributed by atoms with van der Waals surface area (Å²) >= 11 is 0. The topological polar surface area (TPSA) is 149 Å². The minimum absolute atomic E-state index is 0.184. The number of hydrogen-bond acceptors (Lipinski definition) is 8. The zero-order chi connectivity index (χ0) is 64.2. The SMILES string of the molecule is CCCCCCC/C=C\C/C=C\CCCCCCCCCCCCCCCCCCCCCCCCCCCCCC(=O)NC(COC1OC(CO)C(O)C(O)C1O)C(O)/C=C/CC/C=C/CC/C=C/CCCCCCCCCCCCCCCCCCC. The van der Waals surface area contributed by atoms with Gasteiger partial charge in [0.2, 0.25) is 5.91 Å². The Kier molecular flexibility index (Phi) is 65.6. The van der Waals surface area contributed by atoms with Crippen LogP contribution in [0.15, 0.2) is 60.8 Å². The van der Waals surface area contributed by atoms with Gasteiger partial charge in [0.25, 0.3) is 0 Å². The number of aliphatic hydroxyl groups excluding tert-OH is 5. The van der Waals surface area contributed by atoms with Crippen LogP contribution in [0, 0.1) is 0 Å². The van der Waals surface area contributed by atoms with Gasteiger partial charge in [0, 0.05) is 6.42 Å². The summed E-state index contributed by atoms with van der Waals surface area (Å²) in [4.78, 5) is 13.2. The van der Waals surface area contributed by atoms with E-state index in [1.807, 2.05) is 6.08 Å². The van der Waals surface area contributed by atoms with Gasteiger partial charge in [-0.2, -0.15) is 0 Å². The number of unbranched alkanes of at least 4 members (excludes halogenated alkanes) is 51. The van der Waals surface area contributed by atoms with Crippen LogP contribution in [0.2, 0.25) is 0 Å².